The summed E-state index contributed by atoms with van der Waals surface area (Å²) in [6.07, 6.45) is 12.0. The molecule has 1 N–H and O–H groups in total. The molecule has 7 rings (SSSR count). The summed E-state index contributed by atoms with van der Waals surface area (Å²) >= 11 is 0. The zero-order valence-electron chi connectivity index (χ0n) is 35.3. The Morgan fingerprint density at radius 3 is 2.54 bits per heavy atom. The van der Waals surface area contributed by atoms with Crippen molar-refractivity contribution in [3.63, 3.8) is 0 Å². The van der Waals surface area contributed by atoms with Crippen LogP contribution in [0.4, 0.5) is 19.4 Å². The Hall–Kier alpha value is -5.37. The Bertz CT molecular complexity index is 2260. The molecule has 0 radical (unpaired) electrons. The minimum atomic E-state index is -0.917. The van der Waals surface area contributed by atoms with Crippen LogP contribution in [0.5, 0.6) is 11.8 Å². The number of hydrogen-bond donors (Lipinski definition) is 1. The third-order valence-electron chi connectivity index (χ3n) is 11.0. The summed E-state index contributed by atoms with van der Waals surface area (Å²) in [5.74, 6) is 0.908. The number of nitrogens with zero attached hydrogens (tertiary/aromatic N) is 6. The fraction of sp³-hybridized carbons (Fsp3) is 0.533. The number of rotatable bonds is 16. The minimum Gasteiger partial charge on any atom is -0.481 e. The number of halogens is 2. The fourth-order valence-electron chi connectivity index (χ4n) is 8.33. The molecule has 0 saturated carbocycles. The van der Waals surface area contributed by atoms with Crippen LogP contribution >= 0.6 is 0 Å². The van der Waals surface area contributed by atoms with Crippen molar-refractivity contribution >= 4 is 39.6 Å². The molecule has 3 atom stereocenters. The van der Waals surface area contributed by atoms with E-state index in [4.69, 9.17) is 40.2 Å². The summed E-state index contributed by atoms with van der Waals surface area (Å²) in [7, 11) is 0. The number of benzene rings is 2. The van der Waals surface area contributed by atoms with Gasteiger partial charge in [0.1, 0.15) is 40.9 Å². The van der Waals surface area contributed by atoms with E-state index in [0.29, 0.717) is 80.0 Å². The largest absolute Gasteiger partial charge is 0.481 e. The topological polar surface area (TPSA) is 149 Å². The molecular weight excluding hydrogens is 791 g/mol. The highest BCUT2D eigenvalue weighted by molar-refractivity contribution is 6.03. The zero-order valence-corrected chi connectivity index (χ0v) is 35.3. The van der Waals surface area contributed by atoms with E-state index in [-0.39, 0.29) is 66.3 Å². The molecule has 326 valence electrons. The van der Waals surface area contributed by atoms with Crippen molar-refractivity contribution in [1.82, 2.24) is 24.8 Å². The number of ether oxygens (including phenoxy) is 5. The molecule has 0 aliphatic carbocycles. The summed E-state index contributed by atoms with van der Waals surface area (Å²) in [5, 5.41) is 10.1. The van der Waals surface area contributed by atoms with Crippen molar-refractivity contribution in [3.8, 4) is 35.4 Å². The summed E-state index contributed by atoms with van der Waals surface area (Å²) < 4.78 is 62.4. The van der Waals surface area contributed by atoms with Crippen molar-refractivity contribution in [2.24, 2.45) is 0 Å². The van der Waals surface area contributed by atoms with Crippen LogP contribution in [-0.4, -0.2) is 119 Å². The highest BCUT2D eigenvalue weighted by Crippen LogP contribution is 2.41. The number of aliphatic carboxylic acids is 1. The number of hydrogen-bond acceptors (Lipinski definition) is 12. The van der Waals surface area contributed by atoms with E-state index in [1.165, 1.54) is 12.3 Å². The van der Waals surface area contributed by atoms with E-state index in [1.54, 1.807) is 18.2 Å². The predicted molar refractivity (Wildman–Crippen MR) is 224 cm³/mol. The van der Waals surface area contributed by atoms with Gasteiger partial charge in [-0.2, -0.15) is 9.97 Å². The molecule has 2 aromatic heterocycles. The first-order valence-corrected chi connectivity index (χ1v) is 21.1. The molecule has 2 bridgehead atoms. The molecule has 16 heteroatoms. The molecule has 3 fully saturated rings. The molecule has 14 nitrogen and oxygen atoms in total. The molecular formula is C45H54F2N6O8. The third-order valence-corrected chi connectivity index (χ3v) is 11.0. The second-order valence-electron chi connectivity index (χ2n) is 16.7. The first-order chi connectivity index (χ1) is 29.3. The lowest BCUT2D eigenvalue weighted by Crippen LogP contribution is -2.57. The summed E-state index contributed by atoms with van der Waals surface area (Å²) in [6, 6.07) is 5.79. The lowest BCUT2D eigenvalue weighted by atomic mass is 9.95. The summed E-state index contributed by atoms with van der Waals surface area (Å²) in [4.78, 5) is 44.3. The van der Waals surface area contributed by atoms with Crippen molar-refractivity contribution in [1.29, 1.82) is 0 Å². The maximum atomic E-state index is 17.5. The number of carbonyl (C=O) groups is 2. The molecule has 2 aromatic carbocycles. The molecule has 3 unspecified atom stereocenters. The van der Waals surface area contributed by atoms with Gasteiger partial charge in [0.15, 0.2) is 12.1 Å². The number of pyridine rings is 1. The van der Waals surface area contributed by atoms with Crippen LogP contribution in [0.25, 0.3) is 32.9 Å². The van der Waals surface area contributed by atoms with Gasteiger partial charge in [0.2, 0.25) is 0 Å². The monoisotopic (exact) mass is 844 g/mol. The van der Waals surface area contributed by atoms with Gasteiger partial charge in [-0.3, -0.25) is 19.6 Å². The van der Waals surface area contributed by atoms with Gasteiger partial charge in [-0.25, -0.2) is 13.6 Å². The Morgan fingerprint density at radius 1 is 1.07 bits per heavy atom. The summed E-state index contributed by atoms with van der Waals surface area (Å²) in [5.41, 5.74) is -0.648. The second-order valence-corrected chi connectivity index (χ2v) is 16.7. The fourth-order valence-corrected chi connectivity index (χ4v) is 8.33. The van der Waals surface area contributed by atoms with Crippen LogP contribution in [-0.2, 0) is 19.0 Å². The second kappa shape index (κ2) is 19.1. The predicted octanol–water partition coefficient (Wildman–Crippen LogP) is 7.53. The van der Waals surface area contributed by atoms with E-state index in [2.05, 4.69) is 15.9 Å². The Morgan fingerprint density at radius 2 is 1.85 bits per heavy atom. The van der Waals surface area contributed by atoms with Crippen LogP contribution in [0.1, 0.15) is 84.6 Å². The van der Waals surface area contributed by atoms with Crippen molar-refractivity contribution in [2.45, 2.75) is 103 Å². The van der Waals surface area contributed by atoms with Crippen molar-refractivity contribution in [3.05, 3.63) is 47.7 Å². The number of carboxylic acid groups (broad SMARTS) is 1. The lowest BCUT2D eigenvalue weighted by Gasteiger charge is -2.42. The zero-order chi connectivity index (χ0) is 43.3. The third kappa shape index (κ3) is 10.2. The number of carboxylic acids is 1. The first kappa shape index (κ1) is 43.7. The average molecular weight is 845 g/mol. The highest BCUT2D eigenvalue weighted by Gasteiger charge is 2.45. The molecule has 4 aromatic rings. The number of piperazine rings is 1. The van der Waals surface area contributed by atoms with Gasteiger partial charge in [-0.05, 0) is 82.9 Å². The molecule has 0 spiro atoms. The van der Waals surface area contributed by atoms with Gasteiger partial charge in [0.05, 0.1) is 42.7 Å². The SMILES string of the molecule is C#Cc1c(F)ccc2cc(OC3CCCCO3)cc(-c3ncc4c(N5CC6CCC(C5)N6C(=O)OC(C)(C)C)nc(OCN(CCC)CCCOCCC(=O)O)nc4c3F)c12. The molecule has 1 amide bonds. The summed E-state index contributed by atoms with van der Waals surface area (Å²) in [6.45, 7) is 10.8. The molecule has 5 heterocycles. The number of amides is 1. The van der Waals surface area contributed by atoms with Gasteiger partial charge < -0.3 is 33.7 Å². The minimum absolute atomic E-state index is 0.0386. The van der Waals surface area contributed by atoms with E-state index in [9.17, 15) is 9.59 Å². The van der Waals surface area contributed by atoms with Crippen LogP contribution < -0.4 is 14.4 Å². The molecule has 3 aliphatic rings. The van der Waals surface area contributed by atoms with Crippen molar-refractivity contribution in [2.75, 3.05) is 57.6 Å². The number of anilines is 1. The van der Waals surface area contributed by atoms with E-state index in [0.717, 1.165) is 32.1 Å². The number of aromatic nitrogens is 3. The lowest BCUT2D eigenvalue weighted by molar-refractivity contribution is -0.138. The quantitative estimate of drug-likeness (QED) is 0.0674. The maximum Gasteiger partial charge on any atom is 0.410 e. The standard InChI is InChI=1S/C45H54F2N6O8/c1-6-17-51(18-10-19-57-21-16-36(54)55)27-59-43-49-41-34(42(50-43)52-25-29-13-14-30(26-52)53(29)44(56)61-45(3,4)5)24-48-40(39(41)47)33-23-31(60-37-11-8-9-20-58-37)22-28-12-15-35(46)32(7-2)38(28)33/h2,12,15,22-24,29-30,37H,6,8-11,13-14,16-21,25-27H2,1,3-5H3,(H,54,55). The number of fused-ring (bicyclic) bond motifs is 4. The van der Waals surface area contributed by atoms with Crippen LogP contribution in [0.15, 0.2) is 30.5 Å². The Kier molecular flexibility index (Phi) is 13.7. The van der Waals surface area contributed by atoms with Crippen LogP contribution in [0.3, 0.4) is 0 Å². The molecule has 61 heavy (non-hydrogen) atoms. The van der Waals surface area contributed by atoms with E-state index >= 15 is 8.78 Å². The van der Waals surface area contributed by atoms with Gasteiger partial charge in [0, 0.05) is 56.4 Å². The average Bonchev–Trinajstić information content (AvgIpc) is 3.49. The van der Waals surface area contributed by atoms with Gasteiger partial charge in [-0.15, -0.1) is 6.42 Å². The number of carbonyl (C=O) groups excluding carboxylic acids is 1. The maximum absolute atomic E-state index is 17.5. The van der Waals surface area contributed by atoms with Gasteiger partial charge >= 0.3 is 18.1 Å². The molecule has 3 saturated heterocycles. The smallest absolute Gasteiger partial charge is 0.410 e. The number of terminal acetylenes is 1. The van der Waals surface area contributed by atoms with Gasteiger partial charge in [0.25, 0.3) is 0 Å². The molecule has 3 aliphatic heterocycles. The van der Waals surface area contributed by atoms with Gasteiger partial charge in [-0.1, -0.05) is 18.9 Å². The van der Waals surface area contributed by atoms with E-state index < -0.39 is 29.5 Å². The normalized spacial score (nSPS) is 19.1. The van der Waals surface area contributed by atoms with Crippen LogP contribution in [0.2, 0.25) is 0 Å². The van der Waals surface area contributed by atoms with Crippen molar-refractivity contribution < 1.29 is 47.2 Å². The van der Waals surface area contributed by atoms with E-state index in [1.807, 2.05) is 42.4 Å². The van der Waals surface area contributed by atoms with Crippen LogP contribution in [0, 0.1) is 24.0 Å². The Labute approximate surface area is 354 Å². The first-order valence-electron chi connectivity index (χ1n) is 21.1. The Balaban J connectivity index is 1.27. The highest BCUT2D eigenvalue weighted by atomic mass is 19.1.